The quantitative estimate of drug-likeness (QED) is 0.296. The van der Waals surface area contributed by atoms with Crippen molar-refractivity contribution in [2.24, 2.45) is 0 Å². The fraction of sp³-hybridized carbons (Fsp3) is 0.267. The van der Waals surface area contributed by atoms with Gasteiger partial charge in [-0.3, -0.25) is 0 Å². The number of aryl methyl sites for hydroxylation is 1. The van der Waals surface area contributed by atoms with E-state index in [4.69, 9.17) is 9.47 Å². The van der Waals surface area contributed by atoms with Crippen LogP contribution in [0.5, 0.6) is 17.4 Å². The Hall–Kier alpha value is -3.66. The van der Waals surface area contributed by atoms with Crippen LogP contribution in [0, 0.1) is 6.92 Å². The molecule has 0 saturated carbocycles. The third-order valence-electron chi connectivity index (χ3n) is 6.67. The third kappa shape index (κ3) is 4.81. The van der Waals surface area contributed by atoms with Crippen molar-refractivity contribution in [1.29, 1.82) is 0 Å². The van der Waals surface area contributed by atoms with Crippen LogP contribution >= 0.6 is 0 Å². The molecule has 4 aromatic rings. The van der Waals surface area contributed by atoms with Gasteiger partial charge >= 0.3 is 0 Å². The van der Waals surface area contributed by atoms with Gasteiger partial charge in [0.1, 0.15) is 17.8 Å². The van der Waals surface area contributed by atoms with Crippen LogP contribution in [0.25, 0.3) is 0 Å². The standard InChI is InChI=1S/C30H32N2O2/c1-21-17-28(32-20-31-21)34-26-15-13-22(14-16-26)29(2,3)23-9-7-10-24(18-23)30(4,5)25-11-8-12-27(19-25)33-6/h7-20H,1-6H3. The molecular weight excluding hydrogens is 420 g/mol. The number of aromatic nitrogens is 2. The van der Waals surface area contributed by atoms with Crippen LogP contribution in [-0.2, 0) is 10.8 Å². The Balaban J connectivity index is 1.60. The maximum atomic E-state index is 5.90. The van der Waals surface area contributed by atoms with Crippen LogP contribution in [0.1, 0.15) is 55.6 Å². The maximum Gasteiger partial charge on any atom is 0.222 e. The minimum absolute atomic E-state index is 0.159. The Morgan fingerprint density at radius 1 is 0.618 bits per heavy atom. The van der Waals surface area contributed by atoms with Gasteiger partial charge in [0.25, 0.3) is 0 Å². The highest BCUT2D eigenvalue weighted by Crippen LogP contribution is 2.38. The van der Waals surface area contributed by atoms with Gasteiger partial charge in [-0.05, 0) is 53.4 Å². The number of hydrogen-bond donors (Lipinski definition) is 0. The lowest BCUT2D eigenvalue weighted by Gasteiger charge is -2.31. The highest BCUT2D eigenvalue weighted by atomic mass is 16.5. The molecule has 0 spiro atoms. The largest absolute Gasteiger partial charge is 0.497 e. The van der Waals surface area contributed by atoms with Crippen molar-refractivity contribution in [3.8, 4) is 17.4 Å². The van der Waals surface area contributed by atoms with Gasteiger partial charge in [0.05, 0.1) is 7.11 Å². The molecule has 4 heteroatoms. The summed E-state index contributed by atoms with van der Waals surface area (Å²) in [5.74, 6) is 2.18. The number of nitrogens with zero attached hydrogens (tertiary/aromatic N) is 2. The smallest absolute Gasteiger partial charge is 0.222 e. The average molecular weight is 453 g/mol. The summed E-state index contributed by atoms with van der Waals surface area (Å²) in [7, 11) is 1.71. The summed E-state index contributed by atoms with van der Waals surface area (Å²) in [6, 6.07) is 27.3. The van der Waals surface area contributed by atoms with Gasteiger partial charge in [-0.2, -0.15) is 0 Å². The monoisotopic (exact) mass is 452 g/mol. The molecule has 0 N–H and O–H groups in total. The van der Waals surface area contributed by atoms with Crippen LogP contribution < -0.4 is 9.47 Å². The second kappa shape index (κ2) is 9.30. The number of benzene rings is 3. The molecule has 0 radical (unpaired) electrons. The molecule has 3 aromatic carbocycles. The van der Waals surface area contributed by atoms with E-state index in [9.17, 15) is 0 Å². The van der Waals surface area contributed by atoms with Crippen molar-refractivity contribution in [3.05, 3.63) is 113 Å². The molecule has 4 rings (SSSR count). The molecule has 0 aliphatic carbocycles. The van der Waals surface area contributed by atoms with E-state index in [1.54, 1.807) is 7.11 Å². The Bertz CT molecular complexity index is 1280. The predicted octanol–water partition coefficient (Wildman–Crippen LogP) is 7.24. The van der Waals surface area contributed by atoms with Crippen molar-refractivity contribution in [1.82, 2.24) is 9.97 Å². The zero-order chi connectivity index (χ0) is 24.3. The fourth-order valence-corrected chi connectivity index (χ4v) is 4.19. The van der Waals surface area contributed by atoms with Gasteiger partial charge in [-0.25, -0.2) is 9.97 Å². The topological polar surface area (TPSA) is 44.2 Å². The molecule has 0 bridgehead atoms. The Kier molecular flexibility index (Phi) is 6.43. The molecule has 1 aromatic heterocycles. The summed E-state index contributed by atoms with van der Waals surface area (Å²) in [5, 5.41) is 0. The summed E-state index contributed by atoms with van der Waals surface area (Å²) in [6.07, 6.45) is 1.52. The zero-order valence-electron chi connectivity index (χ0n) is 20.8. The number of hydrogen-bond acceptors (Lipinski definition) is 4. The SMILES string of the molecule is COc1cccc(C(C)(C)c2cccc(C(C)(C)c3ccc(Oc4cc(C)ncn4)cc3)c2)c1. The lowest BCUT2D eigenvalue weighted by atomic mass is 9.73. The third-order valence-corrected chi connectivity index (χ3v) is 6.67. The highest BCUT2D eigenvalue weighted by molar-refractivity contribution is 5.46. The normalized spacial score (nSPS) is 11.8. The molecule has 1 heterocycles. The molecule has 0 aliphatic heterocycles. The minimum Gasteiger partial charge on any atom is -0.497 e. The molecule has 4 nitrogen and oxygen atoms in total. The van der Waals surface area contributed by atoms with Crippen LogP contribution in [0.15, 0.2) is 85.2 Å². The molecule has 34 heavy (non-hydrogen) atoms. The lowest BCUT2D eigenvalue weighted by molar-refractivity contribution is 0.413. The minimum atomic E-state index is -0.176. The zero-order valence-corrected chi connectivity index (χ0v) is 20.8. The molecule has 0 saturated heterocycles. The first-order valence-electron chi connectivity index (χ1n) is 11.5. The molecule has 0 fully saturated rings. The van der Waals surface area contributed by atoms with E-state index in [1.807, 2.05) is 31.2 Å². The van der Waals surface area contributed by atoms with E-state index in [1.165, 1.54) is 28.6 Å². The van der Waals surface area contributed by atoms with E-state index in [-0.39, 0.29) is 10.8 Å². The average Bonchev–Trinajstić information content (AvgIpc) is 2.84. The van der Waals surface area contributed by atoms with Gasteiger partial charge in [-0.1, -0.05) is 76.2 Å². The number of ether oxygens (including phenoxy) is 2. The first-order valence-corrected chi connectivity index (χ1v) is 11.5. The van der Waals surface area contributed by atoms with Crippen molar-refractivity contribution in [3.63, 3.8) is 0 Å². The lowest BCUT2D eigenvalue weighted by Crippen LogP contribution is -2.23. The Labute approximate surface area is 202 Å². The molecular formula is C30H32N2O2. The number of methoxy groups -OCH3 is 1. The first-order chi connectivity index (χ1) is 16.2. The molecule has 0 unspecified atom stereocenters. The second-order valence-corrected chi connectivity index (χ2v) is 9.69. The van der Waals surface area contributed by atoms with Crippen LogP contribution in [-0.4, -0.2) is 17.1 Å². The van der Waals surface area contributed by atoms with Crippen LogP contribution in [0.2, 0.25) is 0 Å². The van der Waals surface area contributed by atoms with Crippen molar-refractivity contribution in [2.45, 2.75) is 45.4 Å². The van der Waals surface area contributed by atoms with Crippen molar-refractivity contribution in [2.75, 3.05) is 7.11 Å². The summed E-state index contributed by atoms with van der Waals surface area (Å²) >= 11 is 0. The first kappa shape index (κ1) is 23.5. The molecule has 174 valence electrons. The van der Waals surface area contributed by atoms with Gasteiger partial charge < -0.3 is 9.47 Å². The van der Waals surface area contributed by atoms with E-state index in [0.29, 0.717) is 5.88 Å². The highest BCUT2D eigenvalue weighted by Gasteiger charge is 2.28. The van der Waals surface area contributed by atoms with E-state index < -0.39 is 0 Å². The molecule has 0 amide bonds. The Morgan fingerprint density at radius 2 is 1.21 bits per heavy atom. The molecule has 0 atom stereocenters. The van der Waals surface area contributed by atoms with E-state index in [0.717, 1.165) is 17.2 Å². The van der Waals surface area contributed by atoms with Gasteiger partial charge in [0, 0.05) is 22.6 Å². The fourth-order valence-electron chi connectivity index (χ4n) is 4.19. The summed E-state index contributed by atoms with van der Waals surface area (Å²) in [5.41, 5.74) is 5.52. The van der Waals surface area contributed by atoms with Gasteiger partial charge in [0.2, 0.25) is 5.88 Å². The number of rotatable bonds is 7. The predicted molar refractivity (Wildman–Crippen MR) is 137 cm³/mol. The van der Waals surface area contributed by atoms with Crippen LogP contribution in [0.4, 0.5) is 0 Å². The van der Waals surface area contributed by atoms with Crippen molar-refractivity contribution < 1.29 is 9.47 Å². The summed E-state index contributed by atoms with van der Waals surface area (Å²) in [4.78, 5) is 8.30. The van der Waals surface area contributed by atoms with Gasteiger partial charge in [0.15, 0.2) is 0 Å². The Morgan fingerprint density at radius 3 is 1.82 bits per heavy atom. The van der Waals surface area contributed by atoms with E-state index >= 15 is 0 Å². The maximum absolute atomic E-state index is 5.90. The van der Waals surface area contributed by atoms with Crippen molar-refractivity contribution >= 4 is 0 Å². The summed E-state index contributed by atoms with van der Waals surface area (Å²) < 4.78 is 11.4. The van der Waals surface area contributed by atoms with E-state index in [2.05, 4.69) is 92.3 Å². The van der Waals surface area contributed by atoms with Gasteiger partial charge in [-0.15, -0.1) is 0 Å². The second-order valence-electron chi connectivity index (χ2n) is 9.69. The summed E-state index contributed by atoms with van der Waals surface area (Å²) in [6.45, 7) is 11.0. The van der Waals surface area contributed by atoms with Crippen LogP contribution in [0.3, 0.4) is 0 Å². The molecule has 0 aliphatic rings.